The molecule has 20 heteroatoms. The number of hydrogen-bond acceptors (Lipinski definition) is 8. The molecule has 2 aliphatic carbocycles. The lowest BCUT2D eigenvalue weighted by Crippen LogP contribution is -2.51. The van der Waals surface area contributed by atoms with Crippen LogP contribution in [0.5, 0.6) is 0 Å². The maximum absolute atomic E-state index is 15.4. The SMILES string of the molecule is Cn1nc(NS(C)(=O)=O)c2c(Cl)ccc(N3Cc4ccc(C#N)cc4N=C3[C@H](Cc3cc(F)cc(F)c3)NC(=O)Cn3nc(C(F)F)c4c3C(F)(F)[C@@H]3C[C@H]43)c21. The molecule has 0 spiro atoms. The van der Waals surface area contributed by atoms with E-state index in [1.807, 2.05) is 6.07 Å². The number of nitrogens with zero attached hydrogens (tertiary/aromatic N) is 7. The smallest absolute Gasteiger partial charge is 0.293 e. The minimum atomic E-state index is -3.83. The summed E-state index contributed by atoms with van der Waals surface area (Å²) in [5, 5.41) is 20.8. The number of benzene rings is 3. The molecule has 0 unspecified atom stereocenters. The molecule has 2 aromatic heterocycles. The second-order valence-electron chi connectivity index (χ2n) is 13.9. The number of rotatable bonds is 10. The van der Waals surface area contributed by atoms with Gasteiger partial charge in [0.25, 0.3) is 12.3 Å². The lowest BCUT2D eigenvalue weighted by atomic mass is 9.99. The molecule has 1 aliphatic heterocycles. The third-order valence-corrected chi connectivity index (χ3v) is 10.9. The second-order valence-corrected chi connectivity index (χ2v) is 16.1. The molecule has 5 aromatic rings. The van der Waals surface area contributed by atoms with E-state index >= 15 is 8.78 Å². The van der Waals surface area contributed by atoms with Crippen molar-refractivity contribution in [1.29, 1.82) is 5.26 Å². The summed E-state index contributed by atoms with van der Waals surface area (Å²) < 4.78 is 117. The highest BCUT2D eigenvalue weighted by atomic mass is 35.5. The molecule has 3 aromatic carbocycles. The van der Waals surface area contributed by atoms with E-state index in [4.69, 9.17) is 16.6 Å². The maximum Gasteiger partial charge on any atom is 0.293 e. The lowest BCUT2D eigenvalue weighted by Gasteiger charge is -2.35. The topological polar surface area (TPSA) is 150 Å². The predicted molar refractivity (Wildman–Crippen MR) is 193 cm³/mol. The van der Waals surface area contributed by atoms with Gasteiger partial charge in [-0.2, -0.15) is 24.2 Å². The summed E-state index contributed by atoms with van der Waals surface area (Å²) in [6, 6.07) is 11.2. The normalized spacial score (nSPS) is 18.6. The molecule has 0 bridgehead atoms. The molecule has 8 rings (SSSR count). The fraction of sp³-hybridized carbons (Fsp3) is 0.306. The van der Waals surface area contributed by atoms with Crippen LogP contribution in [0.25, 0.3) is 10.9 Å². The number of carbonyl (C=O) groups excluding carboxylic acids is 1. The minimum absolute atomic E-state index is 0.0138. The first-order valence-electron chi connectivity index (χ1n) is 17.0. The molecule has 2 N–H and O–H groups in total. The van der Waals surface area contributed by atoms with Crippen LogP contribution in [-0.2, 0) is 47.3 Å². The van der Waals surface area contributed by atoms with Crippen molar-refractivity contribution in [2.45, 2.75) is 50.2 Å². The van der Waals surface area contributed by atoms with Crippen molar-refractivity contribution in [2.24, 2.45) is 18.0 Å². The van der Waals surface area contributed by atoms with Gasteiger partial charge in [-0.1, -0.05) is 17.7 Å². The van der Waals surface area contributed by atoms with Gasteiger partial charge >= 0.3 is 0 Å². The number of amidine groups is 1. The molecule has 0 radical (unpaired) electrons. The van der Waals surface area contributed by atoms with Crippen molar-refractivity contribution < 1.29 is 39.6 Å². The first-order chi connectivity index (χ1) is 26.4. The number of sulfonamides is 1. The Labute approximate surface area is 319 Å². The number of alkyl halides is 4. The van der Waals surface area contributed by atoms with Crippen LogP contribution in [0.1, 0.15) is 52.4 Å². The highest BCUT2D eigenvalue weighted by molar-refractivity contribution is 7.92. The molecular weight excluding hydrogens is 788 g/mol. The number of fused-ring (bicyclic) bond motifs is 5. The van der Waals surface area contributed by atoms with Gasteiger partial charge in [-0.15, -0.1) is 0 Å². The summed E-state index contributed by atoms with van der Waals surface area (Å²) >= 11 is 6.60. The van der Waals surface area contributed by atoms with E-state index in [-0.39, 0.29) is 58.1 Å². The van der Waals surface area contributed by atoms with Gasteiger partial charge in [-0.3, -0.25) is 18.9 Å². The molecule has 290 valence electrons. The Hall–Kier alpha value is -5.61. The van der Waals surface area contributed by atoms with E-state index in [0.717, 1.165) is 18.4 Å². The number of aliphatic imine (C=N–C) groups is 1. The number of nitriles is 1. The van der Waals surface area contributed by atoms with Gasteiger partial charge in [0.2, 0.25) is 15.9 Å². The average molecular weight is 816 g/mol. The van der Waals surface area contributed by atoms with E-state index < -0.39 is 75.7 Å². The van der Waals surface area contributed by atoms with Gasteiger partial charge in [0.1, 0.15) is 35.4 Å². The summed E-state index contributed by atoms with van der Waals surface area (Å²) in [4.78, 5) is 20.4. The number of amides is 1. The molecule has 3 aliphatic rings. The Bertz CT molecular complexity index is 2660. The van der Waals surface area contributed by atoms with Crippen LogP contribution in [0.2, 0.25) is 5.02 Å². The summed E-state index contributed by atoms with van der Waals surface area (Å²) in [7, 11) is -2.29. The highest BCUT2D eigenvalue weighted by Gasteiger charge is 2.67. The number of hydrogen-bond donors (Lipinski definition) is 2. The van der Waals surface area contributed by atoms with Gasteiger partial charge in [0.05, 0.1) is 57.8 Å². The minimum Gasteiger partial charge on any atom is -0.344 e. The summed E-state index contributed by atoms with van der Waals surface area (Å²) in [5.74, 6) is -8.33. The Balaban J connectivity index is 1.26. The first-order valence-corrected chi connectivity index (χ1v) is 19.2. The molecule has 1 saturated carbocycles. The molecule has 56 heavy (non-hydrogen) atoms. The van der Waals surface area contributed by atoms with Crippen LogP contribution in [0.15, 0.2) is 53.5 Å². The van der Waals surface area contributed by atoms with E-state index in [1.54, 1.807) is 23.1 Å². The monoisotopic (exact) mass is 815 g/mol. The standard InChI is InChI=1S/C36H28ClF6N9O3S/c1-50-31-26(6-5-23(37)29(31)34(48-50)49-56(2,54)55)51-14-18-4-3-16(13-44)9-24(18)46-35(51)25(10-17-7-19(38)11-20(39)8-17)45-27(53)15-52-32-28(30(47-52)33(40)41)21-12-22(21)36(32,42)43/h3-9,11,21-22,25,33H,10,12,14-15H2,1-2H3,(H,45,53)(H,48,49)/t21-,22+,25-/m0/s1. The summed E-state index contributed by atoms with van der Waals surface area (Å²) in [6.45, 7) is -0.895. The molecule has 0 saturated heterocycles. The largest absolute Gasteiger partial charge is 0.344 e. The van der Waals surface area contributed by atoms with Crippen molar-refractivity contribution in [3.8, 4) is 6.07 Å². The first kappa shape index (κ1) is 37.3. The van der Waals surface area contributed by atoms with Gasteiger partial charge in [-0.05, 0) is 59.9 Å². The molecule has 3 atom stereocenters. The molecule has 3 heterocycles. The number of halogens is 7. The zero-order valence-electron chi connectivity index (χ0n) is 29.2. The van der Waals surface area contributed by atoms with Crippen LogP contribution in [0.4, 0.5) is 43.5 Å². The van der Waals surface area contributed by atoms with Gasteiger partial charge in [0, 0.05) is 31.0 Å². The molecular formula is C36H28ClF6N9O3S. The van der Waals surface area contributed by atoms with Crippen LogP contribution in [0.3, 0.4) is 0 Å². The van der Waals surface area contributed by atoms with Crippen molar-refractivity contribution in [3.63, 3.8) is 0 Å². The van der Waals surface area contributed by atoms with Crippen molar-refractivity contribution >= 4 is 61.5 Å². The van der Waals surface area contributed by atoms with E-state index in [2.05, 4.69) is 20.2 Å². The number of nitrogens with one attached hydrogen (secondary N) is 2. The van der Waals surface area contributed by atoms with Gasteiger partial charge < -0.3 is 10.2 Å². The predicted octanol–water partition coefficient (Wildman–Crippen LogP) is 6.57. The molecule has 12 nitrogen and oxygen atoms in total. The number of aromatic nitrogens is 4. The average Bonchev–Trinajstić information content (AvgIpc) is 3.65. The fourth-order valence-electron chi connectivity index (χ4n) is 7.73. The maximum atomic E-state index is 15.4. The van der Waals surface area contributed by atoms with Gasteiger partial charge in [0.15, 0.2) is 5.82 Å². The lowest BCUT2D eigenvalue weighted by molar-refractivity contribution is -0.122. The van der Waals surface area contributed by atoms with Crippen LogP contribution in [-0.4, -0.2) is 52.0 Å². The van der Waals surface area contributed by atoms with Crippen molar-refractivity contribution in [1.82, 2.24) is 24.9 Å². The zero-order chi connectivity index (χ0) is 40.0. The quantitative estimate of drug-likeness (QED) is 0.152. The third kappa shape index (κ3) is 6.49. The Morgan fingerprint density at radius 2 is 1.84 bits per heavy atom. The van der Waals surface area contributed by atoms with Crippen molar-refractivity contribution in [3.05, 3.63) is 98.8 Å². The van der Waals surface area contributed by atoms with Crippen LogP contribution >= 0.6 is 11.6 Å². The van der Waals surface area contributed by atoms with E-state index in [1.165, 1.54) is 23.9 Å². The summed E-state index contributed by atoms with van der Waals surface area (Å²) in [5.41, 5.74) is 0.0289. The Morgan fingerprint density at radius 3 is 2.52 bits per heavy atom. The van der Waals surface area contributed by atoms with Crippen LogP contribution < -0.4 is 14.9 Å². The second kappa shape index (κ2) is 13.3. The zero-order valence-corrected chi connectivity index (χ0v) is 30.7. The molecule has 1 fully saturated rings. The molecule has 1 amide bonds. The Kier molecular flexibility index (Phi) is 8.84. The van der Waals surface area contributed by atoms with E-state index in [0.29, 0.717) is 33.2 Å². The fourth-order valence-corrected chi connectivity index (χ4v) is 8.47. The third-order valence-electron chi connectivity index (χ3n) is 10.0. The van der Waals surface area contributed by atoms with Crippen LogP contribution in [0, 0.1) is 28.9 Å². The number of anilines is 2. The van der Waals surface area contributed by atoms with E-state index in [9.17, 15) is 36.0 Å². The highest BCUT2D eigenvalue weighted by Crippen LogP contribution is 2.68. The Morgan fingerprint density at radius 1 is 1.11 bits per heavy atom. The van der Waals surface area contributed by atoms with Gasteiger partial charge in [-0.25, -0.2) is 31.0 Å². The van der Waals surface area contributed by atoms with Crippen molar-refractivity contribution in [2.75, 3.05) is 15.9 Å². The number of aryl methyl sites for hydroxylation is 1. The number of carbonyl (C=O) groups is 1. The summed E-state index contributed by atoms with van der Waals surface area (Å²) in [6.07, 6.45) is -2.54.